The molecular weight excluding hydrogens is 348 g/mol. The predicted molar refractivity (Wildman–Crippen MR) is 99.9 cm³/mol. The Hall–Kier alpha value is -3.42. The average molecular weight is 366 g/mol. The standard InChI is InChI=1S/C19H18N4O4/c1-12-18(15-7-8-17(27-15)23(24)25)21-16-11-20-9-10-22(16)19(12)13-3-5-14(26-2)6-4-13/h3-12,18-19H,1-2H3. The van der Waals surface area contributed by atoms with Gasteiger partial charge in [-0.05, 0) is 23.8 Å². The zero-order chi connectivity index (χ0) is 19.0. The van der Waals surface area contributed by atoms with E-state index >= 15 is 0 Å². The summed E-state index contributed by atoms with van der Waals surface area (Å²) in [6.45, 7) is 2.06. The number of furan rings is 1. The maximum Gasteiger partial charge on any atom is 0.433 e. The third-order valence-electron chi connectivity index (χ3n) is 4.88. The van der Waals surface area contributed by atoms with E-state index in [1.165, 1.54) is 6.07 Å². The van der Waals surface area contributed by atoms with Crippen molar-refractivity contribution in [2.75, 3.05) is 7.11 Å². The molecule has 27 heavy (non-hydrogen) atoms. The van der Waals surface area contributed by atoms with Gasteiger partial charge in [0.25, 0.3) is 0 Å². The molecule has 3 heterocycles. The van der Waals surface area contributed by atoms with E-state index in [-0.39, 0.29) is 23.9 Å². The van der Waals surface area contributed by atoms with Gasteiger partial charge < -0.3 is 14.1 Å². The lowest BCUT2D eigenvalue weighted by Crippen LogP contribution is -2.41. The van der Waals surface area contributed by atoms with Crippen LogP contribution in [0.3, 0.4) is 0 Å². The third kappa shape index (κ3) is 2.99. The molecule has 8 nitrogen and oxygen atoms in total. The number of amidine groups is 1. The molecule has 3 unspecified atom stereocenters. The van der Waals surface area contributed by atoms with Crippen molar-refractivity contribution >= 4 is 17.9 Å². The van der Waals surface area contributed by atoms with Gasteiger partial charge in [-0.1, -0.05) is 19.1 Å². The Labute approximate surface area is 155 Å². The predicted octanol–water partition coefficient (Wildman–Crippen LogP) is 3.88. The number of nitrogens with zero attached hydrogens (tertiary/aromatic N) is 4. The van der Waals surface area contributed by atoms with Gasteiger partial charge in [0.05, 0.1) is 25.4 Å². The molecule has 0 spiro atoms. The second-order valence-corrected chi connectivity index (χ2v) is 6.43. The number of aliphatic imine (C=N–C) groups is 2. The Bertz CT molecular complexity index is 945. The number of hydrogen-bond donors (Lipinski definition) is 0. The van der Waals surface area contributed by atoms with Crippen LogP contribution in [0.4, 0.5) is 5.88 Å². The van der Waals surface area contributed by atoms with Crippen LogP contribution in [-0.2, 0) is 0 Å². The first kappa shape index (κ1) is 17.0. The van der Waals surface area contributed by atoms with Crippen LogP contribution in [0.1, 0.15) is 30.3 Å². The van der Waals surface area contributed by atoms with Crippen molar-refractivity contribution in [3.8, 4) is 5.75 Å². The molecule has 0 bridgehead atoms. The van der Waals surface area contributed by atoms with Crippen LogP contribution < -0.4 is 4.74 Å². The van der Waals surface area contributed by atoms with Crippen molar-refractivity contribution in [1.29, 1.82) is 0 Å². The van der Waals surface area contributed by atoms with Gasteiger partial charge in [-0.2, -0.15) is 0 Å². The van der Waals surface area contributed by atoms with Crippen LogP contribution in [-0.4, -0.2) is 29.0 Å². The lowest BCUT2D eigenvalue weighted by molar-refractivity contribution is -0.402. The molecule has 4 rings (SSSR count). The minimum absolute atomic E-state index is 0.00375. The van der Waals surface area contributed by atoms with E-state index in [9.17, 15) is 10.1 Å². The summed E-state index contributed by atoms with van der Waals surface area (Å²) in [5.41, 5.74) is 1.08. The van der Waals surface area contributed by atoms with Gasteiger partial charge in [0.15, 0.2) is 0 Å². The number of rotatable bonds is 4. The number of fused-ring (bicyclic) bond motifs is 1. The topological polar surface area (TPSA) is 93.5 Å². The number of ether oxygens (including phenoxy) is 1. The average Bonchev–Trinajstić information content (AvgIpc) is 3.18. The van der Waals surface area contributed by atoms with E-state index in [0.717, 1.165) is 11.3 Å². The zero-order valence-electron chi connectivity index (χ0n) is 14.9. The summed E-state index contributed by atoms with van der Waals surface area (Å²) < 4.78 is 10.7. The number of nitro groups is 1. The maximum absolute atomic E-state index is 11.0. The van der Waals surface area contributed by atoms with Crippen molar-refractivity contribution in [3.05, 3.63) is 70.2 Å². The van der Waals surface area contributed by atoms with E-state index in [1.807, 2.05) is 30.5 Å². The Morgan fingerprint density at radius 1 is 1.22 bits per heavy atom. The normalized spacial score (nSPS) is 23.7. The third-order valence-corrected chi connectivity index (χ3v) is 4.88. The smallest absolute Gasteiger partial charge is 0.433 e. The summed E-state index contributed by atoms with van der Waals surface area (Å²) in [5, 5.41) is 11.0. The first-order chi connectivity index (χ1) is 13.1. The minimum Gasteiger partial charge on any atom is -0.497 e. The maximum atomic E-state index is 11.0. The molecule has 2 aliphatic heterocycles. The summed E-state index contributed by atoms with van der Waals surface area (Å²) in [4.78, 5) is 21.4. The quantitative estimate of drug-likeness (QED) is 0.604. The molecule has 138 valence electrons. The van der Waals surface area contributed by atoms with Gasteiger partial charge >= 0.3 is 5.88 Å². The molecule has 8 heteroatoms. The summed E-state index contributed by atoms with van der Waals surface area (Å²) in [6.07, 6.45) is 5.30. The van der Waals surface area contributed by atoms with Crippen molar-refractivity contribution in [2.45, 2.75) is 19.0 Å². The highest BCUT2D eigenvalue weighted by molar-refractivity contribution is 6.30. The van der Waals surface area contributed by atoms with E-state index in [1.54, 1.807) is 25.6 Å². The summed E-state index contributed by atoms with van der Waals surface area (Å²) >= 11 is 0. The van der Waals surface area contributed by atoms with Crippen molar-refractivity contribution in [3.63, 3.8) is 0 Å². The fourth-order valence-corrected chi connectivity index (χ4v) is 3.57. The fraction of sp³-hybridized carbons (Fsp3) is 0.263. The highest BCUT2D eigenvalue weighted by Crippen LogP contribution is 2.44. The van der Waals surface area contributed by atoms with Crippen LogP contribution in [0.25, 0.3) is 0 Å². The molecular formula is C19H18N4O4. The Balaban J connectivity index is 1.76. The molecule has 0 fully saturated rings. The lowest BCUT2D eigenvalue weighted by atomic mass is 9.84. The Morgan fingerprint density at radius 2 is 2.00 bits per heavy atom. The van der Waals surface area contributed by atoms with Gasteiger partial charge in [-0.15, -0.1) is 0 Å². The van der Waals surface area contributed by atoms with Crippen LogP contribution >= 0.6 is 0 Å². The van der Waals surface area contributed by atoms with Crippen LogP contribution in [0.5, 0.6) is 5.75 Å². The molecule has 1 aromatic carbocycles. The minimum atomic E-state index is -0.539. The molecule has 1 aromatic heterocycles. The molecule has 0 amide bonds. The largest absolute Gasteiger partial charge is 0.497 e. The Kier molecular flexibility index (Phi) is 4.23. The zero-order valence-corrected chi connectivity index (χ0v) is 14.9. The number of benzene rings is 1. The van der Waals surface area contributed by atoms with Crippen LogP contribution in [0.15, 0.2) is 63.2 Å². The molecule has 0 saturated heterocycles. The summed E-state index contributed by atoms with van der Waals surface area (Å²) in [7, 11) is 1.63. The van der Waals surface area contributed by atoms with Crippen molar-refractivity contribution in [1.82, 2.24) is 4.90 Å². The van der Waals surface area contributed by atoms with Crippen molar-refractivity contribution in [2.24, 2.45) is 15.9 Å². The van der Waals surface area contributed by atoms with E-state index in [4.69, 9.17) is 14.1 Å². The highest BCUT2D eigenvalue weighted by atomic mass is 16.6. The molecule has 0 N–H and O–H groups in total. The molecule has 2 aliphatic rings. The van der Waals surface area contributed by atoms with E-state index < -0.39 is 4.92 Å². The van der Waals surface area contributed by atoms with E-state index in [2.05, 4.69) is 16.8 Å². The van der Waals surface area contributed by atoms with E-state index in [0.29, 0.717) is 11.6 Å². The second-order valence-electron chi connectivity index (χ2n) is 6.43. The van der Waals surface area contributed by atoms with Gasteiger partial charge in [0.1, 0.15) is 28.3 Å². The van der Waals surface area contributed by atoms with Gasteiger partial charge in [0, 0.05) is 18.3 Å². The van der Waals surface area contributed by atoms with Crippen molar-refractivity contribution < 1.29 is 14.1 Å². The number of methoxy groups -OCH3 is 1. The Morgan fingerprint density at radius 3 is 2.67 bits per heavy atom. The van der Waals surface area contributed by atoms with Gasteiger partial charge in [-0.3, -0.25) is 20.1 Å². The molecule has 0 saturated carbocycles. The fourth-order valence-electron chi connectivity index (χ4n) is 3.57. The van der Waals surface area contributed by atoms with Gasteiger partial charge in [0.2, 0.25) is 0 Å². The second kappa shape index (κ2) is 6.71. The molecule has 3 atom stereocenters. The monoisotopic (exact) mass is 366 g/mol. The highest BCUT2D eigenvalue weighted by Gasteiger charge is 2.39. The van der Waals surface area contributed by atoms with Crippen LogP contribution in [0, 0.1) is 16.0 Å². The summed E-state index contributed by atoms with van der Waals surface area (Å²) in [6, 6.07) is 10.5. The SMILES string of the molecule is COc1ccc(C2C(C)C(c3ccc([N+](=O)[O-])o3)N=C3C=NC=CN32)cc1. The lowest BCUT2D eigenvalue weighted by Gasteiger charge is -2.41. The summed E-state index contributed by atoms with van der Waals surface area (Å²) in [5.74, 6) is 1.68. The molecule has 0 radical (unpaired) electrons. The first-order valence-electron chi connectivity index (χ1n) is 8.52. The molecule has 0 aliphatic carbocycles. The first-order valence-corrected chi connectivity index (χ1v) is 8.52. The van der Waals surface area contributed by atoms with Gasteiger partial charge in [-0.25, -0.2) is 0 Å². The molecule has 2 aromatic rings. The number of hydrogen-bond acceptors (Lipinski definition) is 7. The van der Waals surface area contributed by atoms with Crippen LogP contribution in [0.2, 0.25) is 0 Å².